The van der Waals surface area contributed by atoms with E-state index in [4.69, 9.17) is 5.26 Å². The molecule has 0 saturated carbocycles. The van der Waals surface area contributed by atoms with Gasteiger partial charge in [0, 0.05) is 10.5 Å². The number of hydrogen-bond acceptors (Lipinski definition) is 2. The molecule has 1 N–H and O–H groups in total. The lowest BCUT2D eigenvalue weighted by Gasteiger charge is -2.11. The van der Waals surface area contributed by atoms with Gasteiger partial charge >= 0.3 is 0 Å². The molecule has 0 aliphatic heterocycles. The Kier molecular flexibility index (Phi) is 3.95. The van der Waals surface area contributed by atoms with E-state index in [1.165, 1.54) is 18.2 Å². The summed E-state index contributed by atoms with van der Waals surface area (Å²) in [5, 5.41) is 10.9. The maximum Gasteiger partial charge on any atom is 0.185 e. The van der Waals surface area contributed by atoms with Crippen LogP contribution in [0, 0.1) is 34.6 Å². The SMILES string of the molecule is N#Cc1ccc(Nc2c(F)c(F)cc(F)c2F)c(Br)c1. The fourth-order valence-electron chi connectivity index (χ4n) is 1.50. The van der Waals surface area contributed by atoms with Crippen molar-refractivity contribution in [3.05, 3.63) is 57.6 Å². The minimum absolute atomic E-state index is 0.129. The van der Waals surface area contributed by atoms with E-state index in [0.717, 1.165) is 0 Å². The molecule has 0 aliphatic rings. The van der Waals surface area contributed by atoms with E-state index in [1.807, 2.05) is 6.07 Å². The molecule has 0 aromatic heterocycles. The van der Waals surface area contributed by atoms with Crippen molar-refractivity contribution in [2.75, 3.05) is 5.32 Å². The van der Waals surface area contributed by atoms with E-state index in [2.05, 4.69) is 21.2 Å². The summed E-state index contributed by atoms with van der Waals surface area (Å²) in [6, 6.07) is 6.14. The molecule has 0 radical (unpaired) electrons. The van der Waals surface area contributed by atoms with Crippen LogP contribution < -0.4 is 5.32 Å². The fourth-order valence-corrected chi connectivity index (χ4v) is 1.98. The molecule has 0 fully saturated rings. The van der Waals surface area contributed by atoms with Crippen molar-refractivity contribution in [2.24, 2.45) is 0 Å². The van der Waals surface area contributed by atoms with Gasteiger partial charge in [0.25, 0.3) is 0 Å². The Morgan fingerprint density at radius 3 is 2.10 bits per heavy atom. The van der Waals surface area contributed by atoms with E-state index in [0.29, 0.717) is 10.0 Å². The highest BCUT2D eigenvalue weighted by atomic mass is 79.9. The molecule has 0 aliphatic carbocycles. The van der Waals surface area contributed by atoms with Gasteiger partial charge < -0.3 is 5.32 Å². The maximum atomic E-state index is 13.5. The van der Waals surface area contributed by atoms with Crippen LogP contribution in [0.2, 0.25) is 0 Å². The Morgan fingerprint density at radius 2 is 1.60 bits per heavy atom. The Hall–Kier alpha value is -2.07. The van der Waals surface area contributed by atoms with Crippen molar-refractivity contribution in [2.45, 2.75) is 0 Å². The molecule has 0 heterocycles. The first-order valence-corrected chi connectivity index (χ1v) is 6.03. The van der Waals surface area contributed by atoms with Gasteiger partial charge in [-0.1, -0.05) is 0 Å². The number of nitriles is 1. The van der Waals surface area contributed by atoms with Crippen LogP contribution in [-0.4, -0.2) is 0 Å². The number of rotatable bonds is 2. The standard InChI is InChI=1S/C13H5BrF4N2/c14-7-3-6(5-19)1-2-10(7)20-13-11(17)8(15)4-9(16)12(13)18/h1-4,20H. The minimum atomic E-state index is -1.53. The van der Waals surface area contributed by atoms with Crippen LogP contribution >= 0.6 is 15.9 Å². The fraction of sp³-hybridized carbons (Fsp3) is 0. The molecule has 0 saturated heterocycles. The lowest BCUT2D eigenvalue weighted by atomic mass is 10.2. The molecule has 2 nitrogen and oxygen atoms in total. The highest BCUT2D eigenvalue weighted by Gasteiger charge is 2.19. The minimum Gasteiger partial charge on any atom is -0.350 e. The van der Waals surface area contributed by atoms with Gasteiger partial charge in [0.15, 0.2) is 23.3 Å². The highest BCUT2D eigenvalue weighted by Crippen LogP contribution is 2.31. The summed E-state index contributed by atoms with van der Waals surface area (Å²) in [6.07, 6.45) is 0. The average Bonchev–Trinajstić information content (AvgIpc) is 2.42. The summed E-state index contributed by atoms with van der Waals surface area (Å²) in [6.45, 7) is 0. The Morgan fingerprint density at radius 1 is 1.00 bits per heavy atom. The molecule has 0 amide bonds. The predicted molar refractivity (Wildman–Crippen MR) is 68.4 cm³/mol. The summed E-state index contributed by atoms with van der Waals surface area (Å²) >= 11 is 3.09. The normalized spacial score (nSPS) is 10.2. The third-order valence-corrected chi connectivity index (χ3v) is 3.13. The van der Waals surface area contributed by atoms with Crippen molar-refractivity contribution < 1.29 is 17.6 Å². The largest absolute Gasteiger partial charge is 0.350 e. The number of benzene rings is 2. The zero-order chi connectivity index (χ0) is 14.9. The van der Waals surface area contributed by atoms with Gasteiger partial charge in [0.05, 0.1) is 17.3 Å². The molecule has 0 atom stereocenters. The topological polar surface area (TPSA) is 35.8 Å². The zero-order valence-electron chi connectivity index (χ0n) is 9.65. The summed E-state index contributed by atoms with van der Waals surface area (Å²) in [5.74, 6) is -6.06. The van der Waals surface area contributed by atoms with Gasteiger partial charge in [-0.05, 0) is 34.1 Å². The van der Waals surface area contributed by atoms with Crippen molar-refractivity contribution in [1.82, 2.24) is 0 Å². The first-order chi connectivity index (χ1) is 9.43. The third-order valence-electron chi connectivity index (χ3n) is 2.47. The lowest BCUT2D eigenvalue weighted by Crippen LogP contribution is -2.03. The Bertz CT molecular complexity index is 699. The summed E-state index contributed by atoms with van der Waals surface area (Å²) < 4.78 is 53.4. The summed E-state index contributed by atoms with van der Waals surface area (Å²) in [7, 11) is 0. The zero-order valence-corrected chi connectivity index (χ0v) is 11.2. The summed E-state index contributed by atoms with van der Waals surface area (Å²) in [4.78, 5) is 0. The van der Waals surface area contributed by atoms with Crippen LogP contribution in [-0.2, 0) is 0 Å². The second-order valence-corrected chi connectivity index (χ2v) is 4.63. The molecule has 7 heteroatoms. The van der Waals surface area contributed by atoms with Crippen molar-refractivity contribution in [1.29, 1.82) is 5.26 Å². The smallest absolute Gasteiger partial charge is 0.185 e. The molecule has 2 rings (SSSR count). The molecule has 0 spiro atoms. The number of nitrogens with zero attached hydrogens (tertiary/aromatic N) is 1. The molecular formula is C13H5BrF4N2. The van der Waals surface area contributed by atoms with Gasteiger partial charge in [0.1, 0.15) is 5.69 Å². The molecule has 2 aromatic carbocycles. The monoisotopic (exact) mass is 344 g/mol. The second kappa shape index (κ2) is 5.51. The molecule has 2 aromatic rings. The molecule has 102 valence electrons. The number of nitrogens with one attached hydrogen (secondary N) is 1. The molecule has 0 bridgehead atoms. The second-order valence-electron chi connectivity index (χ2n) is 3.77. The molecular weight excluding hydrogens is 340 g/mol. The van der Waals surface area contributed by atoms with Crippen LogP contribution in [0.1, 0.15) is 5.56 Å². The lowest BCUT2D eigenvalue weighted by molar-refractivity contribution is 0.459. The summed E-state index contributed by atoms with van der Waals surface area (Å²) in [5.41, 5.74) is -0.464. The van der Waals surface area contributed by atoms with E-state index >= 15 is 0 Å². The van der Waals surface area contributed by atoms with Gasteiger partial charge in [0.2, 0.25) is 0 Å². The predicted octanol–water partition coefficient (Wildman–Crippen LogP) is 4.62. The van der Waals surface area contributed by atoms with Gasteiger partial charge in [-0.3, -0.25) is 0 Å². The number of hydrogen-bond donors (Lipinski definition) is 1. The number of anilines is 2. The Balaban J connectivity index is 2.48. The van der Waals surface area contributed by atoms with E-state index in [-0.39, 0.29) is 11.8 Å². The van der Waals surface area contributed by atoms with E-state index < -0.39 is 29.0 Å². The quantitative estimate of drug-likeness (QED) is 0.637. The molecule has 0 unspecified atom stereocenters. The van der Waals surface area contributed by atoms with Crippen molar-refractivity contribution in [3.8, 4) is 6.07 Å². The third kappa shape index (κ3) is 2.60. The average molecular weight is 345 g/mol. The maximum absolute atomic E-state index is 13.5. The van der Waals surface area contributed by atoms with Crippen LogP contribution in [0.3, 0.4) is 0 Å². The first kappa shape index (κ1) is 14.3. The van der Waals surface area contributed by atoms with Crippen LogP contribution in [0.25, 0.3) is 0 Å². The van der Waals surface area contributed by atoms with Crippen LogP contribution in [0.5, 0.6) is 0 Å². The van der Waals surface area contributed by atoms with E-state index in [1.54, 1.807) is 0 Å². The highest BCUT2D eigenvalue weighted by molar-refractivity contribution is 9.10. The number of halogens is 5. The van der Waals surface area contributed by atoms with Crippen LogP contribution in [0.15, 0.2) is 28.7 Å². The van der Waals surface area contributed by atoms with Crippen LogP contribution in [0.4, 0.5) is 28.9 Å². The first-order valence-electron chi connectivity index (χ1n) is 5.23. The van der Waals surface area contributed by atoms with Gasteiger partial charge in [-0.2, -0.15) is 5.26 Å². The molecule has 20 heavy (non-hydrogen) atoms. The van der Waals surface area contributed by atoms with Crippen molar-refractivity contribution >= 4 is 27.3 Å². The Labute approximate surface area is 119 Å². The van der Waals surface area contributed by atoms with Gasteiger partial charge in [-0.25, -0.2) is 17.6 Å². The van der Waals surface area contributed by atoms with E-state index in [9.17, 15) is 17.6 Å². The van der Waals surface area contributed by atoms with Gasteiger partial charge in [-0.15, -0.1) is 0 Å². The van der Waals surface area contributed by atoms with Crippen molar-refractivity contribution in [3.63, 3.8) is 0 Å².